The molecule has 0 radical (unpaired) electrons. The quantitative estimate of drug-likeness (QED) is 0.703. The van der Waals surface area contributed by atoms with E-state index in [-0.39, 0.29) is 0 Å². The molecular weight excluding hydrogens is 306 g/mol. The Morgan fingerprint density at radius 1 is 1.22 bits per heavy atom. The van der Waals surface area contributed by atoms with Crippen molar-refractivity contribution in [2.75, 3.05) is 6.61 Å². The molecule has 1 aliphatic rings. The van der Waals surface area contributed by atoms with Gasteiger partial charge >= 0.3 is 0 Å². The average Bonchev–Trinajstić information content (AvgIpc) is 2.98. The molecule has 23 heavy (non-hydrogen) atoms. The molecule has 0 spiro atoms. The fraction of sp³-hybridized carbons (Fsp3) is 0.167. The van der Waals surface area contributed by atoms with Crippen LogP contribution in [0.3, 0.4) is 0 Å². The lowest BCUT2D eigenvalue weighted by atomic mass is 10.1. The lowest BCUT2D eigenvalue weighted by Crippen LogP contribution is -2.09. The van der Waals surface area contributed by atoms with Crippen LogP contribution in [0.25, 0.3) is 26.7 Å². The molecule has 4 nitrogen and oxygen atoms in total. The van der Waals surface area contributed by atoms with Crippen molar-refractivity contribution in [3.8, 4) is 26.9 Å². The van der Waals surface area contributed by atoms with Gasteiger partial charge in [-0.3, -0.25) is 4.98 Å². The second-order valence-electron chi connectivity index (χ2n) is 5.42. The Morgan fingerprint density at radius 3 is 2.96 bits per heavy atom. The maximum absolute atomic E-state index is 5.65. The Labute approximate surface area is 138 Å². The second kappa shape index (κ2) is 5.59. The normalized spacial score (nSPS) is 13.5. The molecule has 1 aliphatic heterocycles. The van der Waals surface area contributed by atoms with E-state index in [0.717, 1.165) is 50.3 Å². The van der Waals surface area contributed by atoms with E-state index in [1.807, 2.05) is 37.4 Å². The first-order chi connectivity index (χ1) is 11.2. The van der Waals surface area contributed by atoms with Crippen molar-refractivity contribution >= 4 is 16.9 Å². The van der Waals surface area contributed by atoms with Gasteiger partial charge in [0, 0.05) is 24.4 Å². The molecule has 0 bridgehead atoms. The predicted octanol–water partition coefficient (Wildman–Crippen LogP) is 4.37. The minimum atomic E-state index is 0.678. The maximum Gasteiger partial charge on any atom is 0.145 e. The van der Waals surface area contributed by atoms with Gasteiger partial charge in [0.05, 0.1) is 22.9 Å². The van der Waals surface area contributed by atoms with Crippen LogP contribution >= 0.6 is 11.3 Å². The van der Waals surface area contributed by atoms with E-state index < -0.39 is 0 Å². The second-order valence-corrected chi connectivity index (χ2v) is 6.42. The zero-order valence-corrected chi connectivity index (χ0v) is 13.6. The molecular formula is C18H15N3OS. The summed E-state index contributed by atoms with van der Waals surface area (Å²) in [5.41, 5.74) is 4.81. The highest BCUT2D eigenvalue weighted by molar-refractivity contribution is 7.18. The standard InChI is InChI=1S/C18H15N3OS/c1-11-7-9-22-15-6-5-14(21-16(11)15)17-12(2)20-18(23-17)13-4-3-8-19-10-13/h3-6,8,10H,1,7,9H2,2H3. The Morgan fingerprint density at radius 2 is 2.13 bits per heavy atom. The van der Waals surface area contributed by atoms with Crippen molar-refractivity contribution < 1.29 is 4.74 Å². The predicted molar refractivity (Wildman–Crippen MR) is 92.5 cm³/mol. The summed E-state index contributed by atoms with van der Waals surface area (Å²) in [6, 6.07) is 7.91. The fourth-order valence-corrected chi connectivity index (χ4v) is 3.62. The molecule has 0 N–H and O–H groups in total. The van der Waals surface area contributed by atoms with Crippen LogP contribution in [-0.2, 0) is 0 Å². The zero-order chi connectivity index (χ0) is 15.8. The number of nitrogens with zero attached hydrogens (tertiary/aromatic N) is 3. The number of fused-ring (bicyclic) bond motifs is 1. The monoisotopic (exact) mass is 321 g/mol. The van der Waals surface area contributed by atoms with Crippen LogP contribution < -0.4 is 4.74 Å². The van der Waals surface area contributed by atoms with Crippen LogP contribution in [0.15, 0.2) is 43.2 Å². The summed E-state index contributed by atoms with van der Waals surface area (Å²) in [5.74, 6) is 0.819. The van der Waals surface area contributed by atoms with Gasteiger partial charge in [0.2, 0.25) is 0 Å². The average molecular weight is 321 g/mol. The zero-order valence-electron chi connectivity index (χ0n) is 12.7. The number of aromatic nitrogens is 3. The minimum absolute atomic E-state index is 0.678. The number of rotatable bonds is 2. The summed E-state index contributed by atoms with van der Waals surface area (Å²) in [4.78, 5) is 14.7. The molecule has 0 saturated heterocycles. The molecule has 4 heterocycles. The first kappa shape index (κ1) is 14.1. The molecule has 3 aromatic rings. The third kappa shape index (κ3) is 2.53. The molecule has 0 saturated carbocycles. The van der Waals surface area contributed by atoms with Gasteiger partial charge in [-0.25, -0.2) is 9.97 Å². The molecule has 5 heteroatoms. The highest BCUT2D eigenvalue weighted by Crippen LogP contribution is 2.37. The fourth-order valence-electron chi connectivity index (χ4n) is 2.59. The van der Waals surface area contributed by atoms with Crippen LogP contribution in [0.2, 0.25) is 0 Å². The van der Waals surface area contributed by atoms with Crippen molar-refractivity contribution in [3.05, 3.63) is 54.6 Å². The first-order valence-electron chi connectivity index (χ1n) is 7.42. The molecule has 4 rings (SSSR count). The van der Waals surface area contributed by atoms with Crippen molar-refractivity contribution in [1.29, 1.82) is 0 Å². The number of aryl methyl sites for hydroxylation is 1. The van der Waals surface area contributed by atoms with Gasteiger partial charge in [-0.2, -0.15) is 0 Å². The maximum atomic E-state index is 5.65. The van der Waals surface area contributed by atoms with Crippen molar-refractivity contribution in [1.82, 2.24) is 15.0 Å². The van der Waals surface area contributed by atoms with Gasteiger partial charge in [-0.15, -0.1) is 11.3 Å². The Hall–Kier alpha value is -2.53. The highest BCUT2D eigenvalue weighted by atomic mass is 32.1. The smallest absolute Gasteiger partial charge is 0.145 e. The Balaban J connectivity index is 1.78. The van der Waals surface area contributed by atoms with Crippen LogP contribution in [-0.4, -0.2) is 21.6 Å². The van der Waals surface area contributed by atoms with Gasteiger partial charge < -0.3 is 4.74 Å². The van der Waals surface area contributed by atoms with Crippen LogP contribution in [0, 0.1) is 6.92 Å². The van der Waals surface area contributed by atoms with Gasteiger partial charge in [0.25, 0.3) is 0 Å². The molecule has 114 valence electrons. The Bertz CT molecular complexity index is 887. The summed E-state index contributed by atoms with van der Waals surface area (Å²) in [6.07, 6.45) is 4.42. The molecule has 0 amide bonds. The minimum Gasteiger partial charge on any atom is -0.491 e. The van der Waals surface area contributed by atoms with E-state index in [1.165, 1.54) is 0 Å². The third-order valence-corrected chi connectivity index (χ3v) is 5.02. The molecule has 0 aliphatic carbocycles. The van der Waals surface area contributed by atoms with E-state index in [9.17, 15) is 0 Å². The van der Waals surface area contributed by atoms with Gasteiger partial charge in [-0.1, -0.05) is 6.58 Å². The summed E-state index contributed by atoms with van der Waals surface area (Å²) < 4.78 is 5.65. The number of pyridine rings is 2. The van der Waals surface area contributed by atoms with E-state index in [2.05, 4.69) is 16.5 Å². The summed E-state index contributed by atoms with van der Waals surface area (Å²) in [5, 5.41) is 0.959. The van der Waals surface area contributed by atoms with Crippen molar-refractivity contribution in [2.45, 2.75) is 13.3 Å². The number of ether oxygens (including phenoxy) is 1. The van der Waals surface area contributed by atoms with Crippen molar-refractivity contribution in [2.24, 2.45) is 0 Å². The van der Waals surface area contributed by atoms with Crippen LogP contribution in [0.5, 0.6) is 5.75 Å². The first-order valence-corrected chi connectivity index (χ1v) is 8.24. The van der Waals surface area contributed by atoms with E-state index >= 15 is 0 Å². The Kier molecular flexibility index (Phi) is 3.42. The van der Waals surface area contributed by atoms with Crippen molar-refractivity contribution in [3.63, 3.8) is 0 Å². The third-order valence-electron chi connectivity index (χ3n) is 3.79. The van der Waals surface area contributed by atoms with Crippen LogP contribution in [0.1, 0.15) is 17.8 Å². The largest absolute Gasteiger partial charge is 0.491 e. The topological polar surface area (TPSA) is 47.9 Å². The van der Waals surface area contributed by atoms with Gasteiger partial charge in [0.1, 0.15) is 16.5 Å². The lowest BCUT2D eigenvalue weighted by Gasteiger charge is -2.18. The number of hydrogen-bond donors (Lipinski definition) is 0. The van der Waals surface area contributed by atoms with E-state index in [4.69, 9.17) is 9.72 Å². The van der Waals surface area contributed by atoms with E-state index in [0.29, 0.717) is 6.61 Å². The van der Waals surface area contributed by atoms with E-state index in [1.54, 1.807) is 17.5 Å². The molecule has 0 fully saturated rings. The number of thiazole rings is 1. The molecule has 0 aromatic carbocycles. The summed E-state index contributed by atoms with van der Waals surface area (Å²) in [6.45, 7) is 6.79. The van der Waals surface area contributed by atoms with Gasteiger partial charge in [-0.05, 0) is 36.8 Å². The SMILES string of the molecule is C=C1CCOc2ccc(-c3sc(-c4cccnc4)nc3C)nc21. The summed E-state index contributed by atoms with van der Waals surface area (Å²) in [7, 11) is 0. The summed E-state index contributed by atoms with van der Waals surface area (Å²) >= 11 is 1.63. The number of hydrogen-bond acceptors (Lipinski definition) is 5. The molecule has 0 atom stereocenters. The van der Waals surface area contributed by atoms with Gasteiger partial charge in [0.15, 0.2) is 0 Å². The molecule has 3 aromatic heterocycles. The lowest BCUT2D eigenvalue weighted by molar-refractivity contribution is 0.314. The molecule has 0 unspecified atom stereocenters. The highest BCUT2D eigenvalue weighted by Gasteiger charge is 2.18. The van der Waals surface area contributed by atoms with Crippen LogP contribution in [0.4, 0.5) is 0 Å².